The third kappa shape index (κ3) is 5.89. The zero-order valence-corrected chi connectivity index (χ0v) is 11.2. The van der Waals surface area contributed by atoms with Gasteiger partial charge in [0.05, 0.1) is 0 Å². The number of alkyl halides is 1. The first-order valence-corrected chi connectivity index (χ1v) is 6.38. The molecule has 1 aromatic heterocycles. The van der Waals surface area contributed by atoms with Gasteiger partial charge in [0.15, 0.2) is 0 Å². The summed E-state index contributed by atoms with van der Waals surface area (Å²) in [6.45, 7) is 0.994. The number of hydrogen-bond donors (Lipinski definition) is 2. The normalized spacial score (nSPS) is 10.6. The van der Waals surface area contributed by atoms with Gasteiger partial charge in [-0.25, -0.2) is 0 Å². The molecule has 0 aromatic carbocycles. The second-order valence-corrected chi connectivity index (χ2v) is 4.08. The zero-order chi connectivity index (χ0) is 13.9. The van der Waals surface area contributed by atoms with Crippen LogP contribution in [0.2, 0.25) is 0 Å². The first-order valence-electron chi connectivity index (χ1n) is 5.84. The van der Waals surface area contributed by atoms with Gasteiger partial charge in [0.2, 0.25) is 0 Å². The van der Waals surface area contributed by atoms with E-state index in [0.29, 0.717) is 25.4 Å². The van der Waals surface area contributed by atoms with Gasteiger partial charge in [-0.1, -0.05) is 0 Å². The predicted molar refractivity (Wildman–Crippen MR) is 73.1 cm³/mol. The van der Waals surface area contributed by atoms with Crippen LogP contribution in [0, 0.1) is 11.3 Å². The van der Waals surface area contributed by atoms with Crippen LogP contribution in [0.15, 0.2) is 36.3 Å². The van der Waals surface area contributed by atoms with E-state index in [4.69, 9.17) is 16.9 Å². The van der Waals surface area contributed by atoms with E-state index in [1.54, 1.807) is 12.4 Å². The van der Waals surface area contributed by atoms with E-state index in [9.17, 15) is 4.79 Å². The lowest BCUT2D eigenvalue weighted by Crippen LogP contribution is -2.26. The molecule has 0 aliphatic rings. The van der Waals surface area contributed by atoms with Crippen molar-refractivity contribution in [1.29, 1.82) is 5.26 Å². The van der Waals surface area contributed by atoms with Gasteiger partial charge in [-0.15, -0.1) is 11.6 Å². The van der Waals surface area contributed by atoms with Gasteiger partial charge in [0, 0.05) is 37.6 Å². The Balaban J connectivity index is 2.44. The van der Waals surface area contributed by atoms with Crippen LogP contribution in [-0.2, 0) is 11.3 Å². The van der Waals surface area contributed by atoms with Crippen LogP contribution >= 0.6 is 11.6 Å². The van der Waals surface area contributed by atoms with E-state index in [2.05, 4.69) is 15.6 Å². The van der Waals surface area contributed by atoms with E-state index in [0.717, 1.165) is 5.56 Å². The third-order valence-electron chi connectivity index (χ3n) is 2.26. The second-order valence-electron chi connectivity index (χ2n) is 3.70. The van der Waals surface area contributed by atoms with Crippen molar-refractivity contribution in [3.63, 3.8) is 0 Å². The van der Waals surface area contributed by atoms with Crippen molar-refractivity contribution in [2.75, 3.05) is 12.4 Å². The van der Waals surface area contributed by atoms with Crippen LogP contribution in [0.5, 0.6) is 0 Å². The van der Waals surface area contributed by atoms with Crippen molar-refractivity contribution in [2.24, 2.45) is 0 Å². The monoisotopic (exact) mass is 278 g/mol. The molecule has 0 atom stereocenters. The summed E-state index contributed by atoms with van der Waals surface area (Å²) in [5.41, 5.74) is 1.06. The van der Waals surface area contributed by atoms with Crippen molar-refractivity contribution in [2.45, 2.75) is 13.0 Å². The lowest BCUT2D eigenvalue weighted by Gasteiger charge is -2.04. The Morgan fingerprint density at radius 3 is 2.84 bits per heavy atom. The fourth-order valence-electron chi connectivity index (χ4n) is 1.28. The van der Waals surface area contributed by atoms with Crippen LogP contribution in [0.1, 0.15) is 12.0 Å². The molecule has 0 bridgehead atoms. The Hall–Kier alpha value is -2.06. The van der Waals surface area contributed by atoms with Crippen LogP contribution in [0.4, 0.5) is 0 Å². The minimum Gasteiger partial charge on any atom is -0.386 e. The highest BCUT2D eigenvalue weighted by molar-refractivity contribution is 6.17. The summed E-state index contributed by atoms with van der Waals surface area (Å²) in [6.07, 6.45) is 5.46. The minimum atomic E-state index is -0.394. The van der Waals surface area contributed by atoms with Gasteiger partial charge >= 0.3 is 0 Å². The van der Waals surface area contributed by atoms with E-state index < -0.39 is 5.91 Å². The maximum absolute atomic E-state index is 11.6. The molecule has 6 heteroatoms. The molecule has 1 amide bonds. The average molecular weight is 279 g/mol. The molecule has 0 saturated heterocycles. The molecule has 0 unspecified atom stereocenters. The Morgan fingerprint density at radius 1 is 1.47 bits per heavy atom. The topological polar surface area (TPSA) is 77.8 Å². The Kier molecular flexibility index (Phi) is 7.06. The van der Waals surface area contributed by atoms with Crippen molar-refractivity contribution in [3.8, 4) is 6.07 Å². The van der Waals surface area contributed by atoms with Crippen LogP contribution < -0.4 is 10.6 Å². The zero-order valence-electron chi connectivity index (χ0n) is 10.4. The number of nitrogens with zero attached hydrogens (tertiary/aromatic N) is 2. The van der Waals surface area contributed by atoms with Gasteiger partial charge in [0.1, 0.15) is 11.6 Å². The number of nitrogens with one attached hydrogen (secondary N) is 2. The summed E-state index contributed by atoms with van der Waals surface area (Å²) in [6, 6.07) is 5.57. The van der Waals surface area contributed by atoms with Crippen LogP contribution in [0.3, 0.4) is 0 Å². The highest BCUT2D eigenvalue weighted by atomic mass is 35.5. The van der Waals surface area contributed by atoms with Crippen molar-refractivity contribution in [3.05, 3.63) is 41.9 Å². The largest absolute Gasteiger partial charge is 0.386 e. The van der Waals surface area contributed by atoms with Crippen molar-refractivity contribution in [1.82, 2.24) is 15.6 Å². The number of hydrogen-bond acceptors (Lipinski definition) is 4. The fourth-order valence-corrected chi connectivity index (χ4v) is 1.42. The van der Waals surface area contributed by atoms with Gasteiger partial charge in [-0.2, -0.15) is 5.26 Å². The maximum Gasteiger partial charge on any atom is 0.263 e. The Labute approximate surface area is 117 Å². The molecule has 100 valence electrons. The van der Waals surface area contributed by atoms with Gasteiger partial charge in [0.25, 0.3) is 5.91 Å². The highest BCUT2D eigenvalue weighted by Crippen LogP contribution is 1.96. The summed E-state index contributed by atoms with van der Waals surface area (Å²) in [5, 5.41) is 14.4. The van der Waals surface area contributed by atoms with Crippen molar-refractivity contribution >= 4 is 17.5 Å². The van der Waals surface area contributed by atoms with E-state index in [-0.39, 0.29) is 5.57 Å². The minimum absolute atomic E-state index is 0.0450. The van der Waals surface area contributed by atoms with Crippen molar-refractivity contribution < 1.29 is 4.79 Å². The Bertz CT molecular complexity index is 467. The lowest BCUT2D eigenvalue weighted by molar-refractivity contribution is -0.117. The molecule has 1 heterocycles. The average Bonchev–Trinajstić information content (AvgIpc) is 2.45. The lowest BCUT2D eigenvalue weighted by atomic mass is 10.2. The first-order chi connectivity index (χ1) is 9.27. The third-order valence-corrected chi connectivity index (χ3v) is 2.53. The van der Waals surface area contributed by atoms with Gasteiger partial charge in [-0.05, 0) is 24.1 Å². The fraction of sp³-hybridized carbons (Fsp3) is 0.308. The number of nitriles is 1. The van der Waals surface area contributed by atoms with E-state index >= 15 is 0 Å². The number of pyridine rings is 1. The molecule has 5 nitrogen and oxygen atoms in total. The quantitative estimate of drug-likeness (QED) is 0.341. The number of amides is 1. The molecule has 0 spiro atoms. The van der Waals surface area contributed by atoms with Gasteiger partial charge < -0.3 is 10.6 Å². The molecule has 0 aliphatic carbocycles. The second kappa shape index (κ2) is 8.95. The van der Waals surface area contributed by atoms with E-state index in [1.165, 1.54) is 6.20 Å². The smallest absolute Gasteiger partial charge is 0.263 e. The summed E-state index contributed by atoms with van der Waals surface area (Å²) in [5.74, 6) is 0.0847. The number of rotatable bonds is 7. The SMILES string of the molecule is N#C/C(=C/NCc1ccncc1)C(=O)NCCCCl. The molecule has 1 rings (SSSR count). The number of carbonyl (C=O) groups is 1. The predicted octanol–water partition coefficient (Wildman–Crippen LogP) is 1.32. The number of carbonyl (C=O) groups excluding carboxylic acids is 1. The molecule has 0 saturated carbocycles. The summed E-state index contributed by atoms with van der Waals surface area (Å²) in [7, 11) is 0. The standard InChI is InChI=1S/C13H15ClN4O/c14-4-1-5-18-13(19)12(8-15)10-17-9-11-2-6-16-7-3-11/h2-3,6-7,10,17H,1,4-5,9H2,(H,18,19)/b12-10-. The summed E-state index contributed by atoms with van der Waals surface area (Å²) in [4.78, 5) is 15.5. The van der Waals surface area contributed by atoms with Gasteiger partial charge in [-0.3, -0.25) is 9.78 Å². The van der Waals surface area contributed by atoms with E-state index in [1.807, 2.05) is 18.2 Å². The molecule has 19 heavy (non-hydrogen) atoms. The Morgan fingerprint density at radius 2 is 2.21 bits per heavy atom. The summed E-state index contributed by atoms with van der Waals surface area (Å²) < 4.78 is 0. The molecule has 0 aliphatic heterocycles. The molecule has 2 N–H and O–H groups in total. The molecule has 1 aromatic rings. The highest BCUT2D eigenvalue weighted by Gasteiger charge is 2.07. The first kappa shape index (κ1) is 15.0. The molecular weight excluding hydrogens is 264 g/mol. The van der Waals surface area contributed by atoms with Crippen LogP contribution in [-0.4, -0.2) is 23.3 Å². The molecule has 0 radical (unpaired) electrons. The maximum atomic E-state index is 11.6. The number of halogens is 1. The number of aromatic nitrogens is 1. The summed E-state index contributed by atoms with van der Waals surface area (Å²) >= 11 is 5.50. The molecule has 0 fully saturated rings. The molecular formula is C13H15ClN4O. The van der Waals surface area contributed by atoms with Crippen LogP contribution in [0.25, 0.3) is 0 Å².